The lowest BCUT2D eigenvalue weighted by Crippen LogP contribution is -2.22. The van der Waals surface area contributed by atoms with Gasteiger partial charge in [0.05, 0.1) is 27.6 Å². The molecule has 5 rings (SSSR count). The summed E-state index contributed by atoms with van der Waals surface area (Å²) in [5, 5.41) is 9.35. The summed E-state index contributed by atoms with van der Waals surface area (Å²) in [6, 6.07) is 13.2. The number of nitrogens with two attached hydrogens (primary N) is 1. The zero-order valence-corrected chi connectivity index (χ0v) is 18.5. The highest BCUT2D eigenvalue weighted by atomic mass is 35.5. The average molecular weight is 488 g/mol. The van der Waals surface area contributed by atoms with Crippen LogP contribution in [-0.4, -0.2) is 23.4 Å². The van der Waals surface area contributed by atoms with Crippen molar-refractivity contribution in [3.63, 3.8) is 0 Å². The zero-order valence-electron chi connectivity index (χ0n) is 16.1. The number of primary sulfonamides is 1. The Morgan fingerprint density at radius 3 is 2.50 bits per heavy atom. The fourth-order valence-electron chi connectivity index (χ4n) is 3.40. The number of sulfonamides is 1. The highest BCUT2D eigenvalue weighted by Gasteiger charge is 2.35. The zero-order chi connectivity index (χ0) is 22.5. The molecule has 0 amide bonds. The van der Waals surface area contributed by atoms with Crippen LogP contribution in [0.5, 0.6) is 11.8 Å². The molecule has 1 unspecified atom stereocenters. The van der Waals surface area contributed by atoms with Gasteiger partial charge in [0.1, 0.15) is 0 Å². The normalized spacial score (nSPS) is 14.9. The first kappa shape index (κ1) is 20.6. The molecule has 1 aliphatic rings. The highest BCUT2D eigenvalue weighted by molar-refractivity contribution is 7.89. The number of nitrogens with one attached hydrogen (secondary N) is 2. The van der Waals surface area contributed by atoms with Crippen LogP contribution in [0.15, 0.2) is 64.5 Å². The van der Waals surface area contributed by atoms with E-state index in [-0.39, 0.29) is 16.3 Å². The van der Waals surface area contributed by atoms with Gasteiger partial charge in [-0.3, -0.25) is 4.79 Å². The standard InChI is InChI=1S/C20H14ClN5O4S2/c21-11-3-1-10(2-4-11)14-15-17(27)23-9-24-18(15)30-19-16(14)31-20(26-19)25-12-5-7-13(8-6-12)32(22,28)29/h1-9,14H,(H,25,26)(H2,22,28,29)(H,23,24,27). The van der Waals surface area contributed by atoms with Gasteiger partial charge in [-0.25, -0.2) is 18.5 Å². The molecule has 0 saturated heterocycles. The maximum atomic E-state index is 12.6. The third-order valence-electron chi connectivity index (χ3n) is 4.85. The van der Waals surface area contributed by atoms with E-state index in [2.05, 4.69) is 20.3 Å². The number of nitrogens with zero attached hydrogens (tertiary/aromatic N) is 2. The number of H-pyrrole nitrogens is 1. The predicted molar refractivity (Wildman–Crippen MR) is 121 cm³/mol. The van der Waals surface area contributed by atoms with Gasteiger partial charge in [-0.2, -0.15) is 4.98 Å². The minimum atomic E-state index is -3.78. The fraction of sp³-hybridized carbons (Fsp3) is 0.0500. The molecule has 4 aromatic rings. The van der Waals surface area contributed by atoms with Crippen molar-refractivity contribution in [1.82, 2.24) is 15.0 Å². The van der Waals surface area contributed by atoms with Crippen LogP contribution in [-0.2, 0) is 10.0 Å². The second-order valence-electron chi connectivity index (χ2n) is 6.92. The number of anilines is 2. The minimum absolute atomic E-state index is 0.00775. The number of hydrogen-bond donors (Lipinski definition) is 3. The number of hydrogen-bond acceptors (Lipinski definition) is 8. The number of benzene rings is 2. The molecule has 9 nitrogen and oxygen atoms in total. The third kappa shape index (κ3) is 3.75. The Hall–Kier alpha value is -3.25. The lowest BCUT2D eigenvalue weighted by atomic mass is 9.90. The Bertz CT molecular complexity index is 1480. The van der Waals surface area contributed by atoms with E-state index in [9.17, 15) is 13.2 Å². The average Bonchev–Trinajstić information content (AvgIpc) is 3.15. The van der Waals surface area contributed by atoms with Crippen LogP contribution in [0, 0.1) is 0 Å². The molecule has 4 N–H and O–H groups in total. The second-order valence-corrected chi connectivity index (χ2v) is 9.95. The Labute approximate surface area is 190 Å². The smallest absolute Gasteiger partial charge is 0.258 e. The topological polar surface area (TPSA) is 140 Å². The SMILES string of the molecule is NS(=O)(=O)c1ccc(Nc2nc3c(s2)C(c2ccc(Cl)cc2)c2c(nc[nH]c2=O)O3)cc1. The summed E-state index contributed by atoms with van der Waals surface area (Å²) >= 11 is 7.36. The van der Waals surface area contributed by atoms with E-state index in [0.717, 1.165) is 10.4 Å². The molecule has 0 saturated carbocycles. The van der Waals surface area contributed by atoms with Gasteiger partial charge in [-0.1, -0.05) is 35.1 Å². The Kier molecular flexibility index (Phi) is 4.97. The van der Waals surface area contributed by atoms with Crippen LogP contribution in [0.4, 0.5) is 10.8 Å². The molecule has 0 spiro atoms. The number of rotatable bonds is 4. The number of fused-ring (bicyclic) bond motifs is 2. The summed E-state index contributed by atoms with van der Waals surface area (Å²) in [5.41, 5.74) is 1.53. The van der Waals surface area contributed by atoms with Crippen LogP contribution < -0.4 is 20.8 Å². The van der Waals surface area contributed by atoms with Gasteiger partial charge in [0, 0.05) is 10.7 Å². The van der Waals surface area contributed by atoms with Crippen LogP contribution in [0.2, 0.25) is 5.02 Å². The molecule has 12 heteroatoms. The van der Waals surface area contributed by atoms with Crippen LogP contribution in [0.1, 0.15) is 21.9 Å². The van der Waals surface area contributed by atoms with Gasteiger partial charge in [0.25, 0.3) is 5.56 Å². The van der Waals surface area contributed by atoms with E-state index in [1.54, 1.807) is 24.3 Å². The summed E-state index contributed by atoms with van der Waals surface area (Å²) in [6.07, 6.45) is 1.28. The largest absolute Gasteiger partial charge is 0.419 e. The van der Waals surface area contributed by atoms with E-state index in [1.165, 1.54) is 29.8 Å². The van der Waals surface area contributed by atoms with Gasteiger partial charge in [0.15, 0.2) is 5.13 Å². The first-order chi connectivity index (χ1) is 15.3. The molecule has 0 radical (unpaired) electrons. The number of aromatic amines is 1. The van der Waals surface area contributed by atoms with E-state index < -0.39 is 15.9 Å². The summed E-state index contributed by atoms with van der Waals surface area (Å²) in [7, 11) is -3.78. The van der Waals surface area contributed by atoms with E-state index >= 15 is 0 Å². The van der Waals surface area contributed by atoms with Crippen LogP contribution in [0.25, 0.3) is 0 Å². The van der Waals surface area contributed by atoms with Crippen molar-refractivity contribution in [1.29, 1.82) is 0 Å². The molecule has 0 bridgehead atoms. The lowest BCUT2D eigenvalue weighted by molar-refractivity contribution is 0.418. The number of thiazole rings is 1. The van der Waals surface area contributed by atoms with Gasteiger partial charge < -0.3 is 15.0 Å². The maximum absolute atomic E-state index is 12.6. The lowest BCUT2D eigenvalue weighted by Gasteiger charge is -2.22. The summed E-state index contributed by atoms with van der Waals surface area (Å²) in [5.74, 6) is 0.0843. The summed E-state index contributed by atoms with van der Waals surface area (Å²) < 4.78 is 28.7. The first-order valence-corrected chi connectivity index (χ1v) is 11.9. The van der Waals surface area contributed by atoms with Crippen molar-refractivity contribution in [3.05, 3.63) is 86.2 Å². The van der Waals surface area contributed by atoms with Crippen molar-refractivity contribution >= 4 is 43.8 Å². The predicted octanol–water partition coefficient (Wildman–Crippen LogP) is 3.56. The third-order valence-corrected chi connectivity index (χ3v) is 7.05. The molecule has 3 heterocycles. The van der Waals surface area contributed by atoms with Gasteiger partial charge in [-0.15, -0.1) is 0 Å². The minimum Gasteiger partial charge on any atom is -0.419 e. The first-order valence-electron chi connectivity index (χ1n) is 9.21. The van der Waals surface area contributed by atoms with Crippen molar-refractivity contribution in [2.45, 2.75) is 10.8 Å². The molecule has 2 aromatic heterocycles. The van der Waals surface area contributed by atoms with Crippen molar-refractivity contribution in [2.24, 2.45) is 5.14 Å². The van der Waals surface area contributed by atoms with E-state index in [4.69, 9.17) is 21.5 Å². The number of aromatic nitrogens is 3. The Morgan fingerprint density at radius 2 is 1.81 bits per heavy atom. The molecule has 1 aliphatic heterocycles. The highest BCUT2D eigenvalue weighted by Crippen LogP contribution is 2.48. The molecule has 162 valence electrons. The van der Waals surface area contributed by atoms with E-state index in [1.807, 2.05) is 12.1 Å². The second kappa shape index (κ2) is 7.71. The monoisotopic (exact) mass is 487 g/mol. The Balaban J connectivity index is 1.55. The van der Waals surface area contributed by atoms with Gasteiger partial charge in [0.2, 0.25) is 21.8 Å². The van der Waals surface area contributed by atoms with Crippen molar-refractivity contribution < 1.29 is 13.2 Å². The number of ether oxygens (including phenoxy) is 1. The van der Waals surface area contributed by atoms with E-state index in [0.29, 0.717) is 27.3 Å². The van der Waals surface area contributed by atoms with Crippen LogP contribution >= 0.6 is 22.9 Å². The van der Waals surface area contributed by atoms with Gasteiger partial charge in [-0.05, 0) is 42.0 Å². The molecule has 0 fully saturated rings. The van der Waals surface area contributed by atoms with Crippen LogP contribution in [0.3, 0.4) is 0 Å². The Morgan fingerprint density at radius 1 is 1.09 bits per heavy atom. The summed E-state index contributed by atoms with van der Waals surface area (Å²) in [6.45, 7) is 0. The maximum Gasteiger partial charge on any atom is 0.258 e. The van der Waals surface area contributed by atoms with Crippen molar-refractivity contribution in [3.8, 4) is 11.8 Å². The van der Waals surface area contributed by atoms with Crippen molar-refractivity contribution in [2.75, 3.05) is 5.32 Å². The number of halogens is 1. The molecule has 32 heavy (non-hydrogen) atoms. The molecule has 2 aromatic carbocycles. The summed E-state index contributed by atoms with van der Waals surface area (Å²) in [4.78, 5) is 24.6. The fourth-order valence-corrected chi connectivity index (χ4v) is 5.10. The quantitative estimate of drug-likeness (QED) is 0.352. The molecule has 0 aliphatic carbocycles. The molecule has 1 atom stereocenters. The molecular formula is C20H14ClN5O4S2. The molecular weight excluding hydrogens is 474 g/mol. The van der Waals surface area contributed by atoms with Gasteiger partial charge >= 0.3 is 0 Å².